The molecular formula is C22H14Cl3NO3. The summed E-state index contributed by atoms with van der Waals surface area (Å²) in [4.78, 5) is 11.0. The van der Waals surface area contributed by atoms with E-state index >= 15 is 0 Å². The van der Waals surface area contributed by atoms with E-state index in [0.29, 0.717) is 33.1 Å². The van der Waals surface area contributed by atoms with Crippen LogP contribution in [0.4, 0.5) is 0 Å². The van der Waals surface area contributed by atoms with Gasteiger partial charge in [0.15, 0.2) is 0 Å². The molecule has 0 saturated heterocycles. The maximum Gasteiger partial charge on any atom is 0.335 e. The Morgan fingerprint density at radius 1 is 0.897 bits per heavy atom. The maximum atomic E-state index is 11.0. The highest BCUT2D eigenvalue weighted by Gasteiger charge is 2.12. The molecule has 4 nitrogen and oxygen atoms in total. The molecule has 1 heterocycles. The third-order valence-electron chi connectivity index (χ3n) is 4.48. The predicted octanol–water partition coefficient (Wildman–Crippen LogP) is 7.14. The van der Waals surface area contributed by atoms with Crippen molar-refractivity contribution in [2.75, 3.05) is 0 Å². The molecule has 0 aliphatic carbocycles. The Hall–Kier alpha value is -2.66. The minimum atomic E-state index is -0.947. The first-order chi connectivity index (χ1) is 13.9. The quantitative estimate of drug-likeness (QED) is 0.354. The highest BCUT2D eigenvalue weighted by Crippen LogP contribution is 2.37. The molecule has 1 N–H and O–H groups in total. The first-order valence-electron chi connectivity index (χ1n) is 8.64. The fraction of sp³-hybridized carbons (Fsp3) is 0.0455. The summed E-state index contributed by atoms with van der Waals surface area (Å²) in [7, 11) is 0. The topological polar surface area (TPSA) is 51.5 Å². The molecule has 0 atom stereocenters. The summed E-state index contributed by atoms with van der Waals surface area (Å²) >= 11 is 18.5. The van der Waals surface area contributed by atoms with Gasteiger partial charge in [-0.25, -0.2) is 4.79 Å². The number of aromatic nitrogens is 1. The predicted molar refractivity (Wildman–Crippen MR) is 116 cm³/mol. The van der Waals surface area contributed by atoms with E-state index in [2.05, 4.69) is 0 Å². The van der Waals surface area contributed by atoms with Gasteiger partial charge in [0.05, 0.1) is 16.1 Å². The van der Waals surface area contributed by atoms with Gasteiger partial charge in [-0.2, -0.15) is 0 Å². The summed E-state index contributed by atoms with van der Waals surface area (Å²) in [5.74, 6) is 0.116. The molecular weight excluding hydrogens is 433 g/mol. The Morgan fingerprint density at radius 3 is 2.34 bits per heavy atom. The third-order valence-corrected chi connectivity index (χ3v) is 5.23. The number of carboxylic acids is 1. The summed E-state index contributed by atoms with van der Waals surface area (Å²) in [6.07, 6.45) is 1.93. The number of ether oxygens (including phenoxy) is 1. The minimum absolute atomic E-state index is 0.254. The number of halogens is 3. The van der Waals surface area contributed by atoms with Gasteiger partial charge in [0.1, 0.15) is 11.5 Å². The highest BCUT2D eigenvalue weighted by molar-refractivity contribution is 6.35. The van der Waals surface area contributed by atoms with Gasteiger partial charge in [-0.3, -0.25) is 0 Å². The van der Waals surface area contributed by atoms with Crippen LogP contribution in [-0.4, -0.2) is 15.6 Å². The van der Waals surface area contributed by atoms with Crippen molar-refractivity contribution in [3.63, 3.8) is 0 Å². The molecule has 146 valence electrons. The second-order valence-electron chi connectivity index (χ2n) is 6.46. The standard InChI is InChI=1S/C22H14Cl3NO3/c23-15-5-6-20(18(25)9-15)29-21-11-16(24)10-19-17(21)7-8-26(19)12-13-1-3-14(4-2-13)22(27)28/h1-11H,12H2,(H,27,28). The van der Waals surface area contributed by atoms with Gasteiger partial charge in [0, 0.05) is 34.2 Å². The number of hydrogen-bond acceptors (Lipinski definition) is 2. The number of carbonyl (C=O) groups is 1. The lowest BCUT2D eigenvalue weighted by Gasteiger charge is -2.11. The maximum absolute atomic E-state index is 11.0. The molecule has 3 aromatic carbocycles. The Morgan fingerprint density at radius 2 is 1.66 bits per heavy atom. The number of hydrogen-bond donors (Lipinski definition) is 1. The zero-order valence-electron chi connectivity index (χ0n) is 14.9. The molecule has 0 spiro atoms. The van der Waals surface area contributed by atoms with E-state index in [9.17, 15) is 4.79 Å². The molecule has 0 saturated carbocycles. The van der Waals surface area contributed by atoms with Gasteiger partial charge in [0.25, 0.3) is 0 Å². The van der Waals surface area contributed by atoms with Crippen molar-refractivity contribution in [1.29, 1.82) is 0 Å². The van der Waals surface area contributed by atoms with Crippen LogP contribution in [0, 0.1) is 0 Å². The monoisotopic (exact) mass is 445 g/mol. The molecule has 0 unspecified atom stereocenters. The molecule has 0 fully saturated rings. The van der Waals surface area contributed by atoms with E-state index < -0.39 is 5.97 Å². The highest BCUT2D eigenvalue weighted by atomic mass is 35.5. The third kappa shape index (κ3) is 4.20. The van der Waals surface area contributed by atoms with E-state index in [1.165, 1.54) is 0 Å². The first kappa shape index (κ1) is 19.6. The second-order valence-corrected chi connectivity index (χ2v) is 7.74. The van der Waals surface area contributed by atoms with Gasteiger partial charge in [0.2, 0.25) is 0 Å². The minimum Gasteiger partial charge on any atom is -0.478 e. The Bertz CT molecular complexity index is 1220. The molecule has 0 aliphatic rings. The van der Waals surface area contributed by atoms with E-state index in [0.717, 1.165) is 16.5 Å². The average Bonchev–Trinajstić information content (AvgIpc) is 3.07. The van der Waals surface area contributed by atoms with E-state index in [-0.39, 0.29) is 5.56 Å². The second kappa shape index (κ2) is 7.99. The van der Waals surface area contributed by atoms with Crippen LogP contribution in [0.5, 0.6) is 11.5 Å². The first-order valence-corrected chi connectivity index (χ1v) is 9.77. The Balaban J connectivity index is 1.68. The largest absolute Gasteiger partial charge is 0.478 e. The van der Waals surface area contributed by atoms with Gasteiger partial charge in [-0.1, -0.05) is 46.9 Å². The molecule has 0 aliphatic heterocycles. The van der Waals surface area contributed by atoms with Crippen molar-refractivity contribution in [2.45, 2.75) is 6.54 Å². The van der Waals surface area contributed by atoms with Crippen LogP contribution in [0.3, 0.4) is 0 Å². The fourth-order valence-corrected chi connectivity index (χ4v) is 3.73. The number of fused-ring (bicyclic) bond motifs is 1. The molecule has 29 heavy (non-hydrogen) atoms. The number of aromatic carboxylic acids is 1. The summed E-state index contributed by atoms with van der Waals surface area (Å²) in [6, 6.07) is 17.3. The van der Waals surface area contributed by atoms with Crippen LogP contribution in [0.1, 0.15) is 15.9 Å². The number of carboxylic acid groups (broad SMARTS) is 1. The number of nitrogens with zero attached hydrogens (tertiary/aromatic N) is 1. The zero-order chi connectivity index (χ0) is 20.5. The van der Waals surface area contributed by atoms with E-state index in [1.54, 1.807) is 48.5 Å². The number of rotatable bonds is 5. The van der Waals surface area contributed by atoms with E-state index in [4.69, 9.17) is 44.6 Å². The van der Waals surface area contributed by atoms with Crippen molar-refractivity contribution in [3.8, 4) is 11.5 Å². The van der Waals surface area contributed by atoms with Gasteiger partial charge >= 0.3 is 5.97 Å². The average molecular weight is 447 g/mol. The molecule has 7 heteroatoms. The van der Waals surface area contributed by atoms with Crippen molar-refractivity contribution >= 4 is 51.7 Å². The lowest BCUT2D eigenvalue weighted by atomic mass is 10.1. The lowest BCUT2D eigenvalue weighted by Crippen LogP contribution is -2.00. The zero-order valence-corrected chi connectivity index (χ0v) is 17.2. The Kier molecular flexibility index (Phi) is 5.41. The molecule has 0 amide bonds. The fourth-order valence-electron chi connectivity index (χ4n) is 3.08. The summed E-state index contributed by atoms with van der Waals surface area (Å²) in [5, 5.41) is 11.4. The lowest BCUT2D eigenvalue weighted by molar-refractivity contribution is 0.0697. The van der Waals surface area contributed by atoms with Crippen LogP contribution < -0.4 is 4.74 Å². The molecule has 0 radical (unpaired) electrons. The van der Waals surface area contributed by atoms with Crippen molar-refractivity contribution in [2.24, 2.45) is 0 Å². The number of benzene rings is 3. The summed E-state index contributed by atoms with van der Waals surface area (Å²) in [5.41, 5.74) is 2.11. The van der Waals surface area contributed by atoms with Crippen LogP contribution >= 0.6 is 34.8 Å². The normalized spacial score (nSPS) is 11.0. The molecule has 4 aromatic rings. The van der Waals surface area contributed by atoms with Crippen molar-refractivity contribution < 1.29 is 14.6 Å². The van der Waals surface area contributed by atoms with Gasteiger partial charge < -0.3 is 14.4 Å². The molecule has 1 aromatic heterocycles. The Labute approximate surface area is 181 Å². The molecule has 0 bridgehead atoms. The van der Waals surface area contributed by atoms with Crippen LogP contribution in [0.2, 0.25) is 15.1 Å². The van der Waals surface area contributed by atoms with Crippen molar-refractivity contribution in [1.82, 2.24) is 4.57 Å². The van der Waals surface area contributed by atoms with Crippen molar-refractivity contribution in [3.05, 3.63) is 93.1 Å². The molecule has 4 rings (SSSR count). The smallest absolute Gasteiger partial charge is 0.335 e. The van der Waals surface area contributed by atoms with Crippen LogP contribution in [-0.2, 0) is 6.54 Å². The van der Waals surface area contributed by atoms with Gasteiger partial charge in [-0.05, 0) is 48.0 Å². The summed E-state index contributed by atoms with van der Waals surface area (Å²) in [6.45, 7) is 0.560. The van der Waals surface area contributed by atoms with E-state index in [1.807, 2.05) is 22.9 Å². The van der Waals surface area contributed by atoms with Crippen LogP contribution in [0.25, 0.3) is 10.9 Å². The van der Waals surface area contributed by atoms with Gasteiger partial charge in [-0.15, -0.1) is 0 Å². The van der Waals surface area contributed by atoms with Crippen LogP contribution in [0.15, 0.2) is 66.9 Å². The summed E-state index contributed by atoms with van der Waals surface area (Å²) < 4.78 is 8.03. The SMILES string of the molecule is O=C(O)c1ccc(Cn2ccc3c(Oc4ccc(Cl)cc4Cl)cc(Cl)cc32)cc1.